The quantitative estimate of drug-likeness (QED) is 0.164. The van der Waals surface area contributed by atoms with Crippen LogP contribution in [-0.4, -0.2) is 51.3 Å². The first-order valence-electron chi connectivity index (χ1n) is 16.5. The normalized spacial score (nSPS) is 13.7. The van der Waals surface area contributed by atoms with Gasteiger partial charge in [-0.25, -0.2) is 4.79 Å². The van der Waals surface area contributed by atoms with Crippen LogP contribution in [0.2, 0.25) is 5.02 Å². The van der Waals surface area contributed by atoms with Gasteiger partial charge in [0, 0.05) is 24.3 Å². The van der Waals surface area contributed by atoms with E-state index in [1.54, 1.807) is 11.9 Å². The molecule has 6 aromatic rings. The van der Waals surface area contributed by atoms with Gasteiger partial charge < -0.3 is 15.0 Å². The van der Waals surface area contributed by atoms with Gasteiger partial charge >= 0.3 is 6.03 Å². The van der Waals surface area contributed by atoms with Crippen molar-refractivity contribution in [2.45, 2.75) is 25.3 Å². The van der Waals surface area contributed by atoms with E-state index in [0.29, 0.717) is 33.8 Å². The molecule has 0 saturated carbocycles. The number of amides is 2. The Labute approximate surface area is 291 Å². The first-order valence-corrected chi connectivity index (χ1v) is 16.9. The number of hydrogen-bond donors (Lipinski definition) is 1. The fourth-order valence-electron chi connectivity index (χ4n) is 6.66. The summed E-state index contributed by atoms with van der Waals surface area (Å²) in [7, 11) is 1.59. The number of piperidine rings is 1. The highest BCUT2D eigenvalue weighted by Gasteiger charge is 2.41. The number of aromatic nitrogens is 4. The van der Waals surface area contributed by atoms with Crippen molar-refractivity contribution in [1.82, 2.24) is 25.1 Å². The summed E-state index contributed by atoms with van der Waals surface area (Å²) in [5.74, 6) is 1.60. The van der Waals surface area contributed by atoms with E-state index in [1.165, 1.54) is 0 Å². The second-order valence-electron chi connectivity index (χ2n) is 12.4. The zero-order valence-corrected chi connectivity index (χ0v) is 28.2. The Morgan fingerprint density at radius 3 is 1.94 bits per heavy atom. The van der Waals surface area contributed by atoms with Gasteiger partial charge in [0.15, 0.2) is 5.54 Å². The number of likely N-dealkylation sites (tertiary alicyclic amines) is 1. The summed E-state index contributed by atoms with van der Waals surface area (Å²) >= 11 is 6.61. The highest BCUT2D eigenvalue weighted by Crippen LogP contribution is 2.41. The predicted octanol–water partition coefficient (Wildman–Crippen LogP) is 8.77. The van der Waals surface area contributed by atoms with E-state index in [0.717, 1.165) is 53.7 Å². The summed E-state index contributed by atoms with van der Waals surface area (Å²) < 4.78 is 5.42. The molecule has 49 heavy (non-hydrogen) atoms. The van der Waals surface area contributed by atoms with Gasteiger partial charge in [-0.1, -0.05) is 122 Å². The Morgan fingerprint density at radius 1 is 0.796 bits per heavy atom. The Bertz CT molecular complexity index is 1950. The lowest BCUT2D eigenvalue weighted by molar-refractivity contribution is 0.186. The summed E-state index contributed by atoms with van der Waals surface area (Å²) in [6.07, 6.45) is 1.99. The van der Waals surface area contributed by atoms with Gasteiger partial charge in [0.25, 0.3) is 0 Å². The minimum absolute atomic E-state index is 0.119. The Balaban J connectivity index is 1.38. The van der Waals surface area contributed by atoms with Gasteiger partial charge in [-0.15, -0.1) is 15.0 Å². The van der Waals surface area contributed by atoms with E-state index < -0.39 is 5.54 Å². The molecule has 0 atom stereocenters. The number of carbonyl (C=O) groups is 1. The number of hydrogen-bond acceptors (Lipinski definition) is 5. The summed E-state index contributed by atoms with van der Waals surface area (Å²) in [5, 5.41) is 18.2. The zero-order chi connectivity index (χ0) is 33.8. The summed E-state index contributed by atoms with van der Waals surface area (Å²) in [6.45, 7) is 3.70. The second-order valence-corrected chi connectivity index (χ2v) is 12.8. The smallest absolute Gasteiger partial charge is 0.321 e. The molecule has 1 saturated heterocycles. The van der Waals surface area contributed by atoms with E-state index in [4.69, 9.17) is 31.7 Å². The molecule has 1 aromatic heterocycles. The Hall–Kier alpha value is -5.47. The third-order valence-electron chi connectivity index (χ3n) is 9.33. The largest absolute Gasteiger partial charge is 0.495 e. The van der Waals surface area contributed by atoms with E-state index in [-0.39, 0.29) is 6.03 Å². The number of nitrogens with one attached hydrogen (secondary N) is 1. The average Bonchev–Trinajstić information content (AvgIpc) is 3.64. The van der Waals surface area contributed by atoms with Gasteiger partial charge in [-0.2, -0.15) is 0 Å². The maximum absolute atomic E-state index is 13.3. The molecule has 5 aromatic carbocycles. The summed E-state index contributed by atoms with van der Waals surface area (Å²) in [4.78, 5) is 16.9. The third kappa shape index (κ3) is 6.27. The van der Waals surface area contributed by atoms with Crippen LogP contribution < -0.4 is 10.1 Å². The van der Waals surface area contributed by atoms with Crippen molar-refractivity contribution in [3.8, 4) is 28.3 Å². The molecule has 7 rings (SSSR count). The fourth-order valence-corrected chi connectivity index (χ4v) is 6.91. The molecule has 2 amide bonds. The number of carbonyl (C=O) groups excluding carboxylic acids is 1. The minimum atomic E-state index is -0.935. The zero-order valence-electron chi connectivity index (χ0n) is 27.5. The third-order valence-corrected chi connectivity index (χ3v) is 9.63. The molecule has 9 heteroatoms. The van der Waals surface area contributed by atoms with Crippen LogP contribution in [0.1, 0.15) is 36.5 Å². The molecule has 0 bridgehead atoms. The van der Waals surface area contributed by atoms with Crippen molar-refractivity contribution in [3.05, 3.63) is 149 Å². The molecule has 0 spiro atoms. The number of anilines is 1. The number of halogens is 1. The molecule has 246 valence electrons. The molecule has 1 fully saturated rings. The number of methoxy groups -OCH3 is 1. The van der Waals surface area contributed by atoms with Crippen molar-refractivity contribution in [3.63, 3.8) is 0 Å². The number of benzene rings is 5. The van der Waals surface area contributed by atoms with Crippen molar-refractivity contribution >= 4 is 23.3 Å². The van der Waals surface area contributed by atoms with Gasteiger partial charge in [-0.05, 0) is 76.1 Å². The number of urea groups is 1. The molecule has 0 aliphatic carbocycles. The molecule has 1 N–H and O–H groups in total. The van der Waals surface area contributed by atoms with Crippen LogP contribution in [0.4, 0.5) is 10.5 Å². The number of tetrazole rings is 1. The van der Waals surface area contributed by atoms with Gasteiger partial charge in [-0.3, -0.25) is 0 Å². The average molecular weight is 669 g/mol. The number of ether oxygens (including phenoxy) is 1. The minimum Gasteiger partial charge on any atom is -0.495 e. The highest BCUT2D eigenvalue weighted by atomic mass is 35.5. The molecule has 1 aliphatic heterocycles. The molecular formula is C40H37ClN6O2. The van der Waals surface area contributed by atoms with Gasteiger partial charge in [0.2, 0.25) is 5.82 Å². The Morgan fingerprint density at radius 2 is 1.39 bits per heavy atom. The van der Waals surface area contributed by atoms with Crippen molar-refractivity contribution in [2.24, 2.45) is 5.92 Å². The molecular weight excluding hydrogens is 632 g/mol. The molecule has 2 heterocycles. The highest BCUT2D eigenvalue weighted by molar-refractivity contribution is 6.32. The number of rotatable bonds is 8. The van der Waals surface area contributed by atoms with E-state index in [1.807, 2.05) is 95.9 Å². The molecule has 0 unspecified atom stereocenters. The van der Waals surface area contributed by atoms with Crippen LogP contribution in [0.25, 0.3) is 22.5 Å². The van der Waals surface area contributed by atoms with E-state index in [9.17, 15) is 4.79 Å². The lowest BCUT2D eigenvalue weighted by Crippen LogP contribution is -2.40. The monoisotopic (exact) mass is 668 g/mol. The lowest BCUT2D eigenvalue weighted by atomic mass is 9.77. The van der Waals surface area contributed by atoms with Gasteiger partial charge in [0.1, 0.15) is 5.75 Å². The van der Waals surface area contributed by atoms with Crippen molar-refractivity contribution < 1.29 is 9.53 Å². The standard InChI is InChI=1S/C40H37ClN6O2/c1-28-22-24-46(25-23-28)39(48)42-33-19-20-34(29-18-21-37(49-2)36(41)26-29)35(27-33)38-43-45-47(44-38)40(30-12-6-3-7-13-30,31-14-8-4-9-15-31)32-16-10-5-11-17-32/h3-21,26-28H,22-25H2,1-2H3,(H,42,48). The van der Waals surface area contributed by atoms with Crippen LogP contribution >= 0.6 is 11.6 Å². The van der Waals surface area contributed by atoms with Crippen molar-refractivity contribution in [2.75, 3.05) is 25.5 Å². The summed E-state index contributed by atoms with van der Waals surface area (Å²) in [5.41, 5.74) is 5.02. The van der Waals surface area contributed by atoms with Crippen LogP contribution in [-0.2, 0) is 5.54 Å². The fraction of sp³-hybridized carbons (Fsp3) is 0.200. The second kappa shape index (κ2) is 13.9. The van der Waals surface area contributed by atoms with Crippen LogP contribution in [0.3, 0.4) is 0 Å². The summed E-state index contributed by atoms with van der Waals surface area (Å²) in [6, 6.07) is 42.0. The first-order chi connectivity index (χ1) is 24.0. The maximum atomic E-state index is 13.3. The lowest BCUT2D eigenvalue weighted by Gasteiger charge is -2.34. The van der Waals surface area contributed by atoms with Crippen LogP contribution in [0.5, 0.6) is 5.75 Å². The molecule has 8 nitrogen and oxygen atoms in total. The maximum Gasteiger partial charge on any atom is 0.321 e. The van der Waals surface area contributed by atoms with E-state index >= 15 is 0 Å². The molecule has 1 aliphatic rings. The predicted molar refractivity (Wildman–Crippen MR) is 194 cm³/mol. The molecule has 0 radical (unpaired) electrons. The van der Waals surface area contributed by atoms with Crippen molar-refractivity contribution in [1.29, 1.82) is 0 Å². The SMILES string of the molecule is COc1ccc(-c2ccc(NC(=O)N3CCC(C)CC3)cc2-c2nnn(C(c3ccccc3)(c3ccccc3)c3ccccc3)n2)cc1Cl. The number of nitrogens with zero attached hydrogens (tertiary/aromatic N) is 5. The van der Waals surface area contributed by atoms with E-state index in [2.05, 4.69) is 48.6 Å². The van der Waals surface area contributed by atoms with Crippen LogP contribution in [0.15, 0.2) is 127 Å². The van der Waals surface area contributed by atoms with Crippen LogP contribution in [0, 0.1) is 5.92 Å². The van der Waals surface area contributed by atoms with Gasteiger partial charge in [0.05, 0.1) is 12.1 Å². The topological polar surface area (TPSA) is 85.2 Å². The first kappa shape index (κ1) is 32.1. The Kier molecular flexibility index (Phi) is 9.13.